The molecule has 0 aliphatic heterocycles. The summed E-state index contributed by atoms with van der Waals surface area (Å²) in [6, 6.07) is 7.64. The van der Waals surface area contributed by atoms with Crippen molar-refractivity contribution in [1.82, 2.24) is 9.97 Å². The molecule has 0 aliphatic rings. The molecule has 0 radical (unpaired) electrons. The minimum absolute atomic E-state index is 0.533. The Bertz CT molecular complexity index is 700. The lowest BCUT2D eigenvalue weighted by molar-refractivity contribution is 1.23. The summed E-state index contributed by atoms with van der Waals surface area (Å²) < 4.78 is 0. The standard InChI is InChI=1S/C12H10ClN3/c1-6-12-9(5-11(14)15-6)8-4-7(13)2-3-10(8)16-12/h2-5,16H,1H3,(H2,14,15). The molecule has 1 aromatic carbocycles. The van der Waals surface area contributed by atoms with Crippen molar-refractivity contribution in [3.8, 4) is 0 Å². The van der Waals surface area contributed by atoms with Gasteiger partial charge in [-0.15, -0.1) is 0 Å². The topological polar surface area (TPSA) is 54.7 Å². The van der Waals surface area contributed by atoms with Crippen molar-refractivity contribution in [2.45, 2.75) is 6.92 Å². The first kappa shape index (κ1) is 9.48. The summed E-state index contributed by atoms with van der Waals surface area (Å²) >= 11 is 5.99. The third-order valence-electron chi connectivity index (χ3n) is 2.75. The molecular formula is C12H10ClN3. The maximum Gasteiger partial charge on any atom is 0.124 e. The molecular weight excluding hydrogens is 222 g/mol. The summed E-state index contributed by atoms with van der Waals surface area (Å²) in [7, 11) is 0. The monoisotopic (exact) mass is 231 g/mol. The lowest BCUT2D eigenvalue weighted by atomic mass is 10.1. The number of hydrogen-bond acceptors (Lipinski definition) is 2. The molecule has 0 fully saturated rings. The van der Waals surface area contributed by atoms with Gasteiger partial charge in [-0.1, -0.05) is 11.6 Å². The first-order chi connectivity index (χ1) is 7.65. The lowest BCUT2D eigenvalue weighted by Crippen LogP contribution is -1.92. The fourth-order valence-corrected chi connectivity index (χ4v) is 2.22. The minimum atomic E-state index is 0.533. The number of fused-ring (bicyclic) bond motifs is 3. The van der Waals surface area contributed by atoms with Gasteiger partial charge in [0.05, 0.1) is 11.2 Å². The van der Waals surface area contributed by atoms with Crippen molar-refractivity contribution in [3.63, 3.8) is 0 Å². The second kappa shape index (κ2) is 3.12. The number of halogens is 1. The van der Waals surface area contributed by atoms with Crippen LogP contribution in [0.1, 0.15) is 5.69 Å². The molecule has 0 saturated carbocycles. The molecule has 0 aliphatic carbocycles. The first-order valence-corrected chi connectivity index (χ1v) is 5.37. The Hall–Kier alpha value is -1.74. The van der Waals surface area contributed by atoms with Gasteiger partial charge in [-0.2, -0.15) is 0 Å². The third kappa shape index (κ3) is 1.25. The molecule has 0 saturated heterocycles. The Morgan fingerprint density at radius 2 is 2.06 bits per heavy atom. The summed E-state index contributed by atoms with van der Waals surface area (Å²) in [4.78, 5) is 7.56. The van der Waals surface area contributed by atoms with Crippen LogP contribution in [-0.4, -0.2) is 9.97 Å². The second-order valence-electron chi connectivity index (χ2n) is 3.87. The molecule has 0 unspecified atom stereocenters. The summed E-state index contributed by atoms with van der Waals surface area (Å²) in [5, 5.41) is 2.88. The number of nitrogen functional groups attached to an aromatic ring is 1. The van der Waals surface area contributed by atoms with E-state index in [9.17, 15) is 0 Å². The predicted molar refractivity (Wildman–Crippen MR) is 67.8 cm³/mol. The number of H-pyrrole nitrogens is 1. The highest BCUT2D eigenvalue weighted by Gasteiger charge is 2.08. The Kier molecular flexibility index (Phi) is 1.85. The number of nitrogens with one attached hydrogen (secondary N) is 1. The third-order valence-corrected chi connectivity index (χ3v) is 2.99. The summed E-state index contributed by atoms with van der Waals surface area (Å²) in [6.45, 7) is 1.94. The van der Waals surface area contributed by atoms with Crippen molar-refractivity contribution in [2.75, 3.05) is 5.73 Å². The number of nitrogens with two attached hydrogens (primary N) is 1. The van der Waals surface area contributed by atoms with E-state index in [0.717, 1.165) is 32.5 Å². The van der Waals surface area contributed by atoms with Crippen molar-refractivity contribution < 1.29 is 0 Å². The van der Waals surface area contributed by atoms with Gasteiger partial charge in [-0.25, -0.2) is 4.98 Å². The van der Waals surface area contributed by atoms with Gasteiger partial charge in [-0.3, -0.25) is 0 Å². The molecule has 16 heavy (non-hydrogen) atoms. The van der Waals surface area contributed by atoms with Crippen LogP contribution in [0.3, 0.4) is 0 Å². The maximum absolute atomic E-state index is 5.99. The second-order valence-corrected chi connectivity index (χ2v) is 4.31. The van der Waals surface area contributed by atoms with E-state index < -0.39 is 0 Å². The van der Waals surface area contributed by atoms with E-state index >= 15 is 0 Å². The number of anilines is 1. The van der Waals surface area contributed by atoms with Crippen LogP contribution in [0, 0.1) is 6.92 Å². The molecule has 0 bridgehead atoms. The Labute approximate surface area is 97.2 Å². The number of nitrogens with zero attached hydrogens (tertiary/aromatic N) is 1. The molecule has 0 amide bonds. The molecule has 0 atom stereocenters. The van der Waals surface area contributed by atoms with Gasteiger partial charge < -0.3 is 10.7 Å². The van der Waals surface area contributed by atoms with Crippen LogP contribution >= 0.6 is 11.6 Å². The fourth-order valence-electron chi connectivity index (χ4n) is 2.05. The van der Waals surface area contributed by atoms with Crippen molar-refractivity contribution in [2.24, 2.45) is 0 Å². The van der Waals surface area contributed by atoms with E-state index in [0.29, 0.717) is 5.82 Å². The minimum Gasteiger partial charge on any atom is -0.384 e. The molecule has 4 heteroatoms. The van der Waals surface area contributed by atoms with Crippen LogP contribution in [0.25, 0.3) is 21.8 Å². The summed E-state index contributed by atoms with van der Waals surface area (Å²) in [5.74, 6) is 0.533. The van der Waals surface area contributed by atoms with Gasteiger partial charge in [0, 0.05) is 21.3 Å². The number of aromatic nitrogens is 2. The van der Waals surface area contributed by atoms with Crippen LogP contribution in [0.4, 0.5) is 5.82 Å². The zero-order chi connectivity index (χ0) is 11.3. The Balaban J connectivity index is 2.57. The molecule has 3 nitrogen and oxygen atoms in total. The van der Waals surface area contributed by atoms with Crippen LogP contribution < -0.4 is 5.73 Å². The van der Waals surface area contributed by atoms with Crippen LogP contribution in [-0.2, 0) is 0 Å². The normalized spacial score (nSPS) is 11.4. The quantitative estimate of drug-likeness (QED) is 0.624. The molecule has 3 aromatic rings. The highest BCUT2D eigenvalue weighted by molar-refractivity contribution is 6.31. The Morgan fingerprint density at radius 3 is 2.88 bits per heavy atom. The number of pyridine rings is 1. The van der Waals surface area contributed by atoms with E-state index in [-0.39, 0.29) is 0 Å². The highest BCUT2D eigenvalue weighted by atomic mass is 35.5. The van der Waals surface area contributed by atoms with Gasteiger partial charge in [-0.05, 0) is 31.2 Å². The smallest absolute Gasteiger partial charge is 0.124 e. The van der Waals surface area contributed by atoms with Gasteiger partial charge in [0.1, 0.15) is 5.82 Å². The van der Waals surface area contributed by atoms with E-state index in [1.54, 1.807) is 0 Å². The number of hydrogen-bond donors (Lipinski definition) is 2. The molecule has 3 rings (SSSR count). The zero-order valence-electron chi connectivity index (χ0n) is 8.71. The fraction of sp³-hybridized carbons (Fsp3) is 0.0833. The van der Waals surface area contributed by atoms with E-state index in [1.807, 2.05) is 31.2 Å². The SMILES string of the molecule is Cc1nc(N)cc2c1[nH]c1ccc(Cl)cc12. The van der Waals surface area contributed by atoms with E-state index in [2.05, 4.69) is 9.97 Å². The molecule has 3 N–H and O–H groups in total. The number of benzene rings is 1. The summed E-state index contributed by atoms with van der Waals surface area (Å²) in [6.07, 6.45) is 0. The molecule has 2 aromatic heterocycles. The van der Waals surface area contributed by atoms with E-state index in [4.69, 9.17) is 17.3 Å². The van der Waals surface area contributed by atoms with Crippen molar-refractivity contribution in [1.29, 1.82) is 0 Å². The van der Waals surface area contributed by atoms with Gasteiger partial charge in [0.2, 0.25) is 0 Å². The lowest BCUT2D eigenvalue weighted by Gasteiger charge is -1.97. The van der Waals surface area contributed by atoms with Crippen LogP contribution in [0.15, 0.2) is 24.3 Å². The maximum atomic E-state index is 5.99. The summed E-state index contributed by atoms with van der Waals surface area (Å²) in [5.41, 5.74) is 8.73. The van der Waals surface area contributed by atoms with Gasteiger partial charge in [0.15, 0.2) is 0 Å². The average molecular weight is 232 g/mol. The largest absolute Gasteiger partial charge is 0.384 e. The first-order valence-electron chi connectivity index (χ1n) is 4.99. The van der Waals surface area contributed by atoms with Crippen molar-refractivity contribution >= 4 is 39.2 Å². The zero-order valence-corrected chi connectivity index (χ0v) is 9.47. The molecule has 80 valence electrons. The van der Waals surface area contributed by atoms with Crippen LogP contribution in [0.2, 0.25) is 5.02 Å². The Morgan fingerprint density at radius 1 is 1.25 bits per heavy atom. The number of aromatic amines is 1. The highest BCUT2D eigenvalue weighted by Crippen LogP contribution is 2.29. The molecule has 2 heterocycles. The van der Waals surface area contributed by atoms with Crippen molar-refractivity contribution in [3.05, 3.63) is 35.0 Å². The molecule has 0 spiro atoms. The van der Waals surface area contributed by atoms with Gasteiger partial charge in [0.25, 0.3) is 0 Å². The van der Waals surface area contributed by atoms with Crippen LogP contribution in [0.5, 0.6) is 0 Å². The predicted octanol–water partition coefficient (Wildman–Crippen LogP) is 3.26. The average Bonchev–Trinajstić information content (AvgIpc) is 2.57. The number of aryl methyl sites for hydroxylation is 1. The van der Waals surface area contributed by atoms with Gasteiger partial charge >= 0.3 is 0 Å². The number of rotatable bonds is 0. The van der Waals surface area contributed by atoms with E-state index in [1.165, 1.54) is 0 Å².